The van der Waals surface area contributed by atoms with Crippen molar-refractivity contribution >= 4 is 11.6 Å². The predicted octanol–water partition coefficient (Wildman–Crippen LogP) is 4.31. The number of nitrogen functional groups attached to an aromatic ring is 1. The number of amides is 1. The largest absolute Gasteiger partial charge is 0.504 e. The van der Waals surface area contributed by atoms with Crippen LogP contribution in [0.1, 0.15) is 22.0 Å². The Bertz CT molecular complexity index is 1360. The number of halogens is 1. The number of ether oxygens (including phenoxy) is 1. The van der Waals surface area contributed by atoms with Crippen LogP contribution in [0.4, 0.5) is 10.1 Å². The van der Waals surface area contributed by atoms with E-state index in [1.807, 2.05) is 6.07 Å². The smallest absolute Gasteiger partial charge is 0.252 e. The zero-order chi connectivity index (χ0) is 24.9. The summed E-state index contributed by atoms with van der Waals surface area (Å²) < 4.78 is 18.5. The quantitative estimate of drug-likeness (QED) is 0.297. The lowest BCUT2D eigenvalue weighted by molar-refractivity contribution is 0.0916. The van der Waals surface area contributed by atoms with E-state index in [1.54, 1.807) is 42.5 Å². The summed E-state index contributed by atoms with van der Waals surface area (Å²) in [4.78, 5) is 17.4. The Morgan fingerprint density at radius 3 is 2.57 bits per heavy atom. The van der Waals surface area contributed by atoms with Crippen LogP contribution < -0.4 is 15.8 Å². The minimum Gasteiger partial charge on any atom is -0.504 e. The molecule has 4 rings (SSSR count). The number of benzene rings is 3. The van der Waals surface area contributed by atoms with Gasteiger partial charge in [-0.15, -0.1) is 0 Å². The van der Waals surface area contributed by atoms with Gasteiger partial charge >= 0.3 is 0 Å². The number of nitrogens with two attached hydrogens (primary N) is 1. The number of hydrogen-bond donors (Lipinski definition) is 4. The number of aliphatic hydroxyl groups excluding tert-OH is 1. The van der Waals surface area contributed by atoms with Gasteiger partial charge in [0.15, 0.2) is 11.5 Å². The number of nitrogens with one attached hydrogen (secondary N) is 1. The molecule has 4 aromatic rings. The number of pyridine rings is 1. The summed E-state index contributed by atoms with van der Waals surface area (Å²) in [7, 11) is 1.41. The second-order valence-electron chi connectivity index (χ2n) is 7.91. The van der Waals surface area contributed by atoms with Gasteiger partial charge in [0.2, 0.25) is 0 Å². The number of rotatable bonds is 7. The minimum atomic E-state index is -1.02. The van der Waals surface area contributed by atoms with Crippen molar-refractivity contribution in [2.24, 2.45) is 0 Å². The highest BCUT2D eigenvalue weighted by Crippen LogP contribution is 2.32. The van der Waals surface area contributed by atoms with E-state index in [9.17, 15) is 19.4 Å². The van der Waals surface area contributed by atoms with Crippen LogP contribution in [0.3, 0.4) is 0 Å². The average molecular weight is 474 g/mol. The van der Waals surface area contributed by atoms with Gasteiger partial charge in [0, 0.05) is 29.6 Å². The van der Waals surface area contributed by atoms with Gasteiger partial charge in [-0.2, -0.15) is 0 Å². The van der Waals surface area contributed by atoms with Crippen molar-refractivity contribution in [1.82, 2.24) is 10.3 Å². The third-order valence-electron chi connectivity index (χ3n) is 5.51. The first kappa shape index (κ1) is 23.7. The number of methoxy groups -OCH3 is 1. The Hall–Kier alpha value is -4.43. The third-order valence-corrected chi connectivity index (χ3v) is 5.51. The lowest BCUT2D eigenvalue weighted by Gasteiger charge is -2.15. The fraction of sp³-hybridized carbons (Fsp3) is 0.111. The number of aliphatic hydroxyl groups is 1. The molecule has 1 atom stereocenters. The van der Waals surface area contributed by atoms with Gasteiger partial charge in [0.25, 0.3) is 5.91 Å². The van der Waals surface area contributed by atoms with Crippen molar-refractivity contribution in [3.8, 4) is 33.9 Å². The Balaban J connectivity index is 1.60. The maximum Gasteiger partial charge on any atom is 0.252 e. The van der Waals surface area contributed by atoms with Crippen molar-refractivity contribution in [3.05, 3.63) is 95.9 Å². The zero-order valence-electron chi connectivity index (χ0n) is 18.9. The lowest BCUT2D eigenvalue weighted by Crippen LogP contribution is -2.28. The maximum atomic E-state index is 13.5. The molecule has 1 unspecified atom stereocenters. The number of hydrogen-bond acceptors (Lipinski definition) is 6. The van der Waals surface area contributed by atoms with Crippen LogP contribution in [-0.4, -0.2) is 34.8 Å². The molecule has 0 saturated carbocycles. The van der Waals surface area contributed by atoms with E-state index >= 15 is 0 Å². The molecule has 8 heteroatoms. The summed E-state index contributed by atoms with van der Waals surface area (Å²) >= 11 is 0. The van der Waals surface area contributed by atoms with E-state index < -0.39 is 12.0 Å². The standard InChI is InChI=1S/C27H24FN3O4/c1-35-25-13-18(7-10-23(25)32)24(33)15-31-27(34)19-12-22(17-3-2-4-21(29)11-17)26(30-14-19)16-5-8-20(28)9-6-16/h2-14,24,32-33H,15,29H2,1H3,(H,31,34). The summed E-state index contributed by atoms with van der Waals surface area (Å²) in [6.45, 7) is -0.0694. The number of aromatic nitrogens is 1. The summed E-state index contributed by atoms with van der Waals surface area (Å²) in [5, 5.41) is 22.9. The van der Waals surface area contributed by atoms with Crippen LogP contribution in [0.25, 0.3) is 22.4 Å². The van der Waals surface area contributed by atoms with Crippen molar-refractivity contribution in [2.75, 3.05) is 19.4 Å². The molecule has 1 heterocycles. The van der Waals surface area contributed by atoms with Gasteiger partial charge in [-0.25, -0.2) is 4.39 Å². The molecule has 7 nitrogen and oxygen atoms in total. The fourth-order valence-corrected chi connectivity index (χ4v) is 3.66. The molecule has 0 fully saturated rings. The molecular weight excluding hydrogens is 449 g/mol. The first-order chi connectivity index (χ1) is 16.9. The van der Waals surface area contributed by atoms with E-state index in [0.717, 1.165) is 5.56 Å². The molecule has 0 aliphatic heterocycles. The number of carbonyl (C=O) groups excluding carboxylic acids is 1. The SMILES string of the molecule is COc1cc(C(O)CNC(=O)c2cnc(-c3ccc(F)cc3)c(-c3cccc(N)c3)c2)ccc1O. The number of anilines is 1. The molecule has 0 radical (unpaired) electrons. The van der Waals surface area contributed by atoms with Crippen LogP contribution in [0.2, 0.25) is 0 Å². The molecule has 1 amide bonds. The number of nitrogens with zero attached hydrogens (tertiary/aromatic N) is 1. The molecule has 1 aromatic heterocycles. The van der Waals surface area contributed by atoms with E-state index in [-0.39, 0.29) is 29.4 Å². The molecule has 178 valence electrons. The molecule has 0 spiro atoms. The number of phenolic OH excluding ortho intramolecular Hbond substituents is 1. The second kappa shape index (κ2) is 10.2. The Morgan fingerprint density at radius 2 is 1.86 bits per heavy atom. The number of carbonyl (C=O) groups is 1. The molecule has 5 N–H and O–H groups in total. The van der Waals surface area contributed by atoms with Crippen LogP contribution >= 0.6 is 0 Å². The van der Waals surface area contributed by atoms with Crippen LogP contribution in [-0.2, 0) is 0 Å². The number of phenols is 1. The van der Waals surface area contributed by atoms with E-state index in [2.05, 4.69) is 10.3 Å². The Labute approximate surface area is 201 Å². The predicted molar refractivity (Wildman–Crippen MR) is 131 cm³/mol. The van der Waals surface area contributed by atoms with Crippen molar-refractivity contribution in [1.29, 1.82) is 0 Å². The highest BCUT2D eigenvalue weighted by Gasteiger charge is 2.17. The second-order valence-corrected chi connectivity index (χ2v) is 7.91. The molecular formula is C27H24FN3O4. The highest BCUT2D eigenvalue weighted by molar-refractivity contribution is 5.96. The topological polar surface area (TPSA) is 118 Å². The summed E-state index contributed by atoms with van der Waals surface area (Å²) in [6.07, 6.45) is 0.410. The van der Waals surface area contributed by atoms with Gasteiger partial charge in [-0.1, -0.05) is 18.2 Å². The van der Waals surface area contributed by atoms with E-state index in [0.29, 0.717) is 28.1 Å². The van der Waals surface area contributed by atoms with Crippen molar-refractivity contribution in [2.45, 2.75) is 6.10 Å². The molecule has 0 aliphatic rings. The molecule has 0 aliphatic carbocycles. The first-order valence-electron chi connectivity index (χ1n) is 10.8. The Kier molecular flexibility index (Phi) is 6.93. The summed E-state index contributed by atoms with van der Waals surface area (Å²) in [6, 6.07) is 19.3. The third kappa shape index (κ3) is 5.39. The number of aromatic hydroxyl groups is 1. The van der Waals surface area contributed by atoms with E-state index in [4.69, 9.17) is 10.5 Å². The minimum absolute atomic E-state index is 0.0473. The van der Waals surface area contributed by atoms with Gasteiger partial charge in [-0.05, 0) is 65.7 Å². The van der Waals surface area contributed by atoms with Crippen molar-refractivity contribution < 1.29 is 24.1 Å². The summed E-state index contributed by atoms with van der Waals surface area (Å²) in [5.41, 5.74) is 9.94. The average Bonchev–Trinajstić information content (AvgIpc) is 2.87. The van der Waals surface area contributed by atoms with Crippen LogP contribution in [0.5, 0.6) is 11.5 Å². The van der Waals surface area contributed by atoms with Gasteiger partial charge in [0.1, 0.15) is 5.82 Å². The Morgan fingerprint density at radius 1 is 1.09 bits per heavy atom. The monoisotopic (exact) mass is 473 g/mol. The van der Waals surface area contributed by atoms with Gasteiger partial charge in [0.05, 0.1) is 24.5 Å². The highest BCUT2D eigenvalue weighted by atomic mass is 19.1. The van der Waals surface area contributed by atoms with Crippen molar-refractivity contribution in [3.63, 3.8) is 0 Å². The molecule has 35 heavy (non-hydrogen) atoms. The lowest BCUT2D eigenvalue weighted by atomic mass is 9.97. The molecule has 0 saturated heterocycles. The zero-order valence-corrected chi connectivity index (χ0v) is 18.9. The van der Waals surface area contributed by atoms with Gasteiger partial charge in [-0.3, -0.25) is 9.78 Å². The van der Waals surface area contributed by atoms with Crippen LogP contribution in [0, 0.1) is 5.82 Å². The first-order valence-corrected chi connectivity index (χ1v) is 10.8. The molecule has 3 aromatic carbocycles. The van der Waals surface area contributed by atoms with E-state index in [1.165, 1.54) is 37.6 Å². The normalized spacial score (nSPS) is 11.6. The summed E-state index contributed by atoms with van der Waals surface area (Å²) in [5.74, 6) is -0.618. The fourth-order valence-electron chi connectivity index (χ4n) is 3.66. The molecule has 0 bridgehead atoms. The maximum absolute atomic E-state index is 13.5. The van der Waals surface area contributed by atoms with Gasteiger partial charge < -0.3 is 26.0 Å². The van der Waals surface area contributed by atoms with Crippen LogP contribution in [0.15, 0.2) is 79.0 Å².